The molecule has 0 N–H and O–H groups in total. The molecule has 1 aromatic heterocycles. The molecule has 1 aliphatic heterocycles. The number of carbonyl (C=O) groups excluding carboxylic acids is 2. The Hall–Kier alpha value is -2.23. The van der Waals surface area contributed by atoms with Gasteiger partial charge in [0.2, 0.25) is 11.8 Å². The summed E-state index contributed by atoms with van der Waals surface area (Å²) in [6.45, 7) is 3.93. The third-order valence-electron chi connectivity index (χ3n) is 4.05. The number of carbonyl (C=O) groups is 2. The van der Waals surface area contributed by atoms with Gasteiger partial charge in [-0.25, -0.2) is 0 Å². The lowest BCUT2D eigenvalue weighted by Crippen LogP contribution is -2.30. The van der Waals surface area contributed by atoms with E-state index >= 15 is 0 Å². The van der Waals surface area contributed by atoms with E-state index in [1.54, 1.807) is 6.20 Å². The Balaban J connectivity index is 1.90. The number of aromatic nitrogens is 1. The molecule has 1 aromatic carbocycles. The molecule has 0 saturated carbocycles. The molecular formula is C16H16N2O2. The van der Waals surface area contributed by atoms with Gasteiger partial charge in [-0.05, 0) is 17.7 Å². The van der Waals surface area contributed by atoms with E-state index in [0.717, 1.165) is 16.5 Å². The molecule has 0 bridgehead atoms. The molecular weight excluding hydrogens is 252 g/mol. The van der Waals surface area contributed by atoms with Crippen LogP contribution < -0.4 is 0 Å². The second-order valence-corrected chi connectivity index (χ2v) is 5.38. The number of nitrogens with zero attached hydrogens (tertiary/aromatic N) is 2. The molecule has 102 valence electrons. The Morgan fingerprint density at radius 3 is 2.45 bits per heavy atom. The summed E-state index contributed by atoms with van der Waals surface area (Å²) in [5.74, 6) is -0.627. The van der Waals surface area contributed by atoms with Crippen molar-refractivity contribution in [2.24, 2.45) is 11.8 Å². The zero-order chi connectivity index (χ0) is 14.3. The van der Waals surface area contributed by atoms with Gasteiger partial charge in [0.1, 0.15) is 0 Å². The highest BCUT2D eigenvalue weighted by Gasteiger charge is 2.41. The van der Waals surface area contributed by atoms with Crippen molar-refractivity contribution in [3.8, 4) is 0 Å². The third-order valence-corrected chi connectivity index (χ3v) is 4.05. The summed E-state index contributed by atoms with van der Waals surface area (Å²) in [5.41, 5.74) is 1.80. The van der Waals surface area contributed by atoms with Crippen LogP contribution in [-0.2, 0) is 16.1 Å². The second-order valence-electron chi connectivity index (χ2n) is 5.38. The van der Waals surface area contributed by atoms with Crippen molar-refractivity contribution in [1.82, 2.24) is 9.88 Å². The monoisotopic (exact) mass is 268 g/mol. The van der Waals surface area contributed by atoms with Crippen molar-refractivity contribution in [1.29, 1.82) is 0 Å². The van der Waals surface area contributed by atoms with Gasteiger partial charge in [0.05, 0.1) is 12.1 Å². The second kappa shape index (κ2) is 4.71. The Morgan fingerprint density at radius 1 is 1.10 bits per heavy atom. The molecule has 4 nitrogen and oxygen atoms in total. The summed E-state index contributed by atoms with van der Waals surface area (Å²) in [7, 11) is 0. The van der Waals surface area contributed by atoms with Crippen LogP contribution in [0.5, 0.6) is 0 Å². The largest absolute Gasteiger partial charge is 0.278 e. The summed E-state index contributed by atoms with van der Waals surface area (Å²) in [5, 5.41) is 1.02. The van der Waals surface area contributed by atoms with E-state index in [2.05, 4.69) is 4.98 Å². The Morgan fingerprint density at radius 2 is 1.75 bits per heavy atom. The lowest BCUT2D eigenvalue weighted by molar-refractivity contribution is -0.140. The molecule has 2 aromatic rings. The highest BCUT2D eigenvalue weighted by molar-refractivity contribution is 6.04. The first-order chi connectivity index (χ1) is 9.58. The van der Waals surface area contributed by atoms with Gasteiger partial charge in [-0.2, -0.15) is 0 Å². The predicted octanol–water partition coefficient (Wildman–Crippen LogP) is 2.38. The zero-order valence-corrected chi connectivity index (χ0v) is 11.5. The summed E-state index contributed by atoms with van der Waals surface area (Å²) in [6.07, 6.45) is 1.73. The van der Waals surface area contributed by atoms with Crippen molar-refractivity contribution in [3.63, 3.8) is 0 Å². The van der Waals surface area contributed by atoms with Crippen molar-refractivity contribution >= 4 is 22.7 Å². The van der Waals surface area contributed by atoms with Crippen LogP contribution in [0, 0.1) is 11.8 Å². The first-order valence-electron chi connectivity index (χ1n) is 6.77. The molecule has 0 radical (unpaired) electrons. The van der Waals surface area contributed by atoms with Crippen LogP contribution in [0.25, 0.3) is 10.9 Å². The van der Waals surface area contributed by atoms with E-state index in [1.807, 2.05) is 44.2 Å². The Kier molecular flexibility index (Phi) is 3.01. The molecule has 2 amide bonds. The number of imide groups is 1. The molecule has 0 spiro atoms. The number of pyridine rings is 1. The lowest BCUT2D eigenvalue weighted by Gasteiger charge is -2.14. The summed E-state index contributed by atoms with van der Waals surface area (Å²) in [6, 6.07) is 9.78. The minimum Gasteiger partial charge on any atom is -0.278 e. The topological polar surface area (TPSA) is 50.3 Å². The number of amides is 2. The van der Waals surface area contributed by atoms with Crippen LogP contribution in [0.2, 0.25) is 0 Å². The molecule has 3 rings (SSSR count). The number of hydrogen-bond acceptors (Lipinski definition) is 3. The van der Waals surface area contributed by atoms with Gasteiger partial charge < -0.3 is 0 Å². The number of rotatable bonds is 2. The third kappa shape index (κ3) is 1.97. The van der Waals surface area contributed by atoms with Gasteiger partial charge in [-0.3, -0.25) is 19.5 Å². The van der Waals surface area contributed by atoms with Gasteiger partial charge in [-0.1, -0.05) is 32.0 Å². The number of fused-ring (bicyclic) bond motifs is 1. The molecule has 1 aliphatic rings. The van der Waals surface area contributed by atoms with Crippen LogP contribution in [0.1, 0.15) is 19.4 Å². The van der Waals surface area contributed by atoms with Crippen LogP contribution in [0.3, 0.4) is 0 Å². The van der Waals surface area contributed by atoms with E-state index < -0.39 is 0 Å². The molecule has 4 heteroatoms. The molecule has 2 heterocycles. The van der Waals surface area contributed by atoms with E-state index in [-0.39, 0.29) is 23.7 Å². The van der Waals surface area contributed by atoms with Gasteiger partial charge in [-0.15, -0.1) is 0 Å². The molecule has 0 aliphatic carbocycles. The zero-order valence-electron chi connectivity index (χ0n) is 11.5. The molecule has 2 unspecified atom stereocenters. The summed E-state index contributed by atoms with van der Waals surface area (Å²) >= 11 is 0. The molecule has 2 atom stereocenters. The fourth-order valence-electron chi connectivity index (χ4n) is 2.57. The highest BCUT2D eigenvalue weighted by Crippen LogP contribution is 2.27. The Bertz CT molecular complexity index is 676. The van der Waals surface area contributed by atoms with Crippen molar-refractivity contribution in [2.45, 2.75) is 20.4 Å². The SMILES string of the molecule is CC1C(=O)N(Cc2cnc3ccccc3c2)C(=O)C1C. The van der Waals surface area contributed by atoms with Crippen molar-refractivity contribution in [2.75, 3.05) is 0 Å². The quantitative estimate of drug-likeness (QED) is 0.786. The van der Waals surface area contributed by atoms with E-state index in [4.69, 9.17) is 0 Å². The standard InChI is InChI=1S/C16H16N2O2/c1-10-11(2)16(20)18(15(10)19)9-12-7-13-5-3-4-6-14(13)17-8-12/h3-8,10-11H,9H2,1-2H3. The maximum absolute atomic E-state index is 12.1. The minimum atomic E-state index is -0.226. The predicted molar refractivity (Wildman–Crippen MR) is 75.6 cm³/mol. The smallest absolute Gasteiger partial charge is 0.233 e. The maximum atomic E-state index is 12.1. The number of hydrogen-bond donors (Lipinski definition) is 0. The Labute approximate surface area is 117 Å². The summed E-state index contributed by atoms with van der Waals surface area (Å²) in [4.78, 5) is 29.9. The van der Waals surface area contributed by atoms with Gasteiger partial charge in [0.25, 0.3) is 0 Å². The fourth-order valence-corrected chi connectivity index (χ4v) is 2.57. The van der Waals surface area contributed by atoms with Crippen LogP contribution in [0.4, 0.5) is 0 Å². The first kappa shape index (κ1) is 12.8. The van der Waals surface area contributed by atoms with Crippen LogP contribution in [-0.4, -0.2) is 21.7 Å². The minimum absolute atomic E-state index is 0.0874. The van der Waals surface area contributed by atoms with Crippen LogP contribution >= 0.6 is 0 Å². The van der Waals surface area contributed by atoms with E-state index in [9.17, 15) is 9.59 Å². The average Bonchev–Trinajstić information content (AvgIpc) is 2.65. The van der Waals surface area contributed by atoms with Crippen LogP contribution in [0.15, 0.2) is 36.5 Å². The van der Waals surface area contributed by atoms with Crippen molar-refractivity contribution in [3.05, 3.63) is 42.1 Å². The summed E-state index contributed by atoms with van der Waals surface area (Å²) < 4.78 is 0. The highest BCUT2D eigenvalue weighted by atomic mass is 16.2. The molecule has 20 heavy (non-hydrogen) atoms. The van der Waals surface area contributed by atoms with Gasteiger partial charge in [0.15, 0.2) is 0 Å². The normalized spacial score (nSPS) is 22.8. The van der Waals surface area contributed by atoms with Gasteiger partial charge in [0, 0.05) is 23.4 Å². The number of likely N-dealkylation sites (tertiary alicyclic amines) is 1. The van der Waals surface area contributed by atoms with Crippen molar-refractivity contribution < 1.29 is 9.59 Å². The van der Waals surface area contributed by atoms with E-state index in [0.29, 0.717) is 6.54 Å². The molecule has 1 fully saturated rings. The maximum Gasteiger partial charge on any atom is 0.233 e. The lowest BCUT2D eigenvalue weighted by atomic mass is 10.00. The molecule has 1 saturated heterocycles. The number of para-hydroxylation sites is 1. The van der Waals surface area contributed by atoms with Gasteiger partial charge >= 0.3 is 0 Å². The first-order valence-corrected chi connectivity index (χ1v) is 6.77. The van der Waals surface area contributed by atoms with E-state index in [1.165, 1.54) is 4.90 Å². The fraction of sp³-hybridized carbons (Fsp3) is 0.312. The average molecular weight is 268 g/mol. The number of benzene rings is 1.